The standard InChI is InChI=1S/C26H41ClN4O5/c1-28-23(14-19-6-5-12-35-18-19)16-29-25(32)31-10-4-8-21(17-31)24(20-7-3-9-22(27)15-20)36-13-11-30(2)26(33)34/h3,7,9,15,19,21,23-24,28H,4-6,8,10-14,16-18H2,1-2H3,(H,29,32)(H,33,34)/t19-,21-,23+,24+/m1/s1. The maximum absolute atomic E-state index is 13.1. The average Bonchev–Trinajstić information content (AvgIpc) is 2.89. The molecule has 202 valence electrons. The van der Waals surface area contributed by atoms with Gasteiger partial charge in [-0.05, 0) is 62.8 Å². The number of hydrogen-bond acceptors (Lipinski definition) is 5. The van der Waals surface area contributed by atoms with Gasteiger partial charge in [-0.2, -0.15) is 0 Å². The van der Waals surface area contributed by atoms with Crippen LogP contribution >= 0.6 is 11.6 Å². The second-order valence-corrected chi connectivity index (χ2v) is 10.3. The lowest BCUT2D eigenvalue weighted by atomic mass is 9.88. The first-order valence-corrected chi connectivity index (χ1v) is 13.3. The van der Waals surface area contributed by atoms with E-state index >= 15 is 0 Å². The number of hydrogen-bond donors (Lipinski definition) is 3. The lowest BCUT2D eigenvalue weighted by molar-refractivity contribution is -0.0154. The SMILES string of the molecule is CN[C@H](CNC(=O)N1CCC[C@@H]([C@@H](OCCN(C)C(=O)O)c2cccc(Cl)c2)C1)C[C@H]1CCCOC1. The number of nitrogens with one attached hydrogen (secondary N) is 2. The number of urea groups is 1. The van der Waals surface area contributed by atoms with Gasteiger partial charge in [-0.25, -0.2) is 9.59 Å². The van der Waals surface area contributed by atoms with Gasteiger partial charge in [-0.3, -0.25) is 0 Å². The van der Waals surface area contributed by atoms with Crippen LogP contribution < -0.4 is 10.6 Å². The van der Waals surface area contributed by atoms with Gasteiger partial charge in [0, 0.05) is 63.4 Å². The number of carbonyl (C=O) groups excluding carboxylic acids is 1. The van der Waals surface area contributed by atoms with Gasteiger partial charge in [-0.1, -0.05) is 23.7 Å². The van der Waals surface area contributed by atoms with Crippen LogP contribution in [0.1, 0.15) is 43.8 Å². The van der Waals surface area contributed by atoms with Crippen molar-refractivity contribution in [3.05, 3.63) is 34.9 Å². The number of likely N-dealkylation sites (tertiary alicyclic amines) is 1. The molecule has 2 saturated heterocycles. The number of halogens is 1. The highest BCUT2D eigenvalue weighted by Gasteiger charge is 2.32. The fraction of sp³-hybridized carbons (Fsp3) is 0.692. The van der Waals surface area contributed by atoms with Gasteiger partial charge in [0.15, 0.2) is 0 Å². The normalized spacial score (nSPS) is 22.0. The van der Waals surface area contributed by atoms with E-state index in [0.717, 1.165) is 44.5 Å². The summed E-state index contributed by atoms with van der Waals surface area (Å²) in [6.07, 6.45) is 3.78. The Kier molecular flexibility index (Phi) is 11.6. The molecule has 3 rings (SSSR count). The second-order valence-electron chi connectivity index (χ2n) is 9.89. The molecule has 0 spiro atoms. The van der Waals surface area contributed by atoms with Crippen LogP contribution in [0, 0.1) is 11.8 Å². The van der Waals surface area contributed by atoms with E-state index in [0.29, 0.717) is 30.6 Å². The topological polar surface area (TPSA) is 103 Å². The molecule has 3 N–H and O–H groups in total. The summed E-state index contributed by atoms with van der Waals surface area (Å²) < 4.78 is 11.8. The summed E-state index contributed by atoms with van der Waals surface area (Å²) in [6, 6.07) is 7.71. The molecule has 0 radical (unpaired) electrons. The predicted octanol–water partition coefficient (Wildman–Crippen LogP) is 3.83. The molecular formula is C26H41ClN4O5. The minimum absolute atomic E-state index is 0.0599. The third kappa shape index (κ3) is 8.80. The summed E-state index contributed by atoms with van der Waals surface area (Å²) in [4.78, 5) is 27.3. The zero-order valence-electron chi connectivity index (χ0n) is 21.5. The van der Waals surface area contributed by atoms with Gasteiger partial charge < -0.3 is 35.0 Å². The van der Waals surface area contributed by atoms with Crippen molar-refractivity contribution in [3.63, 3.8) is 0 Å². The third-order valence-electron chi connectivity index (χ3n) is 7.18. The Bertz CT molecular complexity index is 838. The molecule has 4 atom stereocenters. The maximum atomic E-state index is 13.1. The number of rotatable bonds is 11. The molecule has 0 aromatic heterocycles. The second kappa shape index (κ2) is 14.6. The molecule has 2 fully saturated rings. The monoisotopic (exact) mass is 524 g/mol. The van der Waals surface area contributed by atoms with Crippen LogP contribution in [0.15, 0.2) is 24.3 Å². The van der Waals surface area contributed by atoms with E-state index in [9.17, 15) is 9.59 Å². The van der Waals surface area contributed by atoms with Crippen LogP contribution in [-0.2, 0) is 9.47 Å². The van der Waals surface area contributed by atoms with Gasteiger partial charge in [0.1, 0.15) is 0 Å². The molecule has 1 aromatic carbocycles. The highest BCUT2D eigenvalue weighted by molar-refractivity contribution is 6.30. The summed E-state index contributed by atoms with van der Waals surface area (Å²) in [5.74, 6) is 0.612. The van der Waals surface area contributed by atoms with Crippen LogP contribution in [0.2, 0.25) is 5.02 Å². The van der Waals surface area contributed by atoms with E-state index in [2.05, 4.69) is 10.6 Å². The molecule has 0 saturated carbocycles. The van der Waals surface area contributed by atoms with Crippen LogP contribution in [0.5, 0.6) is 0 Å². The largest absolute Gasteiger partial charge is 0.465 e. The number of likely N-dealkylation sites (N-methyl/N-ethyl adjacent to an activating group) is 2. The maximum Gasteiger partial charge on any atom is 0.407 e. The lowest BCUT2D eigenvalue weighted by Gasteiger charge is -2.37. The number of carbonyl (C=O) groups is 2. The summed E-state index contributed by atoms with van der Waals surface area (Å²) in [6.45, 7) is 4.02. The fourth-order valence-corrected chi connectivity index (χ4v) is 5.26. The van der Waals surface area contributed by atoms with Crippen LogP contribution in [0.25, 0.3) is 0 Å². The highest BCUT2D eigenvalue weighted by Crippen LogP contribution is 2.34. The van der Waals surface area contributed by atoms with Gasteiger partial charge in [0.05, 0.1) is 12.7 Å². The minimum Gasteiger partial charge on any atom is -0.465 e. The van der Waals surface area contributed by atoms with Gasteiger partial charge in [-0.15, -0.1) is 0 Å². The first-order chi connectivity index (χ1) is 17.4. The molecule has 3 amide bonds. The molecule has 10 heteroatoms. The van der Waals surface area contributed by atoms with Crippen molar-refractivity contribution < 1.29 is 24.2 Å². The van der Waals surface area contributed by atoms with Crippen molar-refractivity contribution in [2.24, 2.45) is 11.8 Å². The number of amides is 3. The van der Waals surface area contributed by atoms with E-state index in [1.807, 2.05) is 36.2 Å². The summed E-state index contributed by atoms with van der Waals surface area (Å²) >= 11 is 6.26. The van der Waals surface area contributed by atoms with Gasteiger partial charge in [0.25, 0.3) is 0 Å². The van der Waals surface area contributed by atoms with Gasteiger partial charge in [0.2, 0.25) is 0 Å². The zero-order valence-corrected chi connectivity index (χ0v) is 22.2. The predicted molar refractivity (Wildman–Crippen MR) is 140 cm³/mol. The Balaban J connectivity index is 1.58. The van der Waals surface area contributed by atoms with Crippen molar-refractivity contribution in [1.82, 2.24) is 20.4 Å². The molecule has 0 bridgehead atoms. The first kappa shape index (κ1) is 28.5. The number of nitrogens with zero attached hydrogens (tertiary/aromatic N) is 2. The number of carboxylic acid groups (broad SMARTS) is 1. The molecule has 0 aliphatic carbocycles. The van der Waals surface area contributed by atoms with Gasteiger partial charge >= 0.3 is 12.1 Å². The van der Waals surface area contributed by atoms with Crippen molar-refractivity contribution in [1.29, 1.82) is 0 Å². The Morgan fingerprint density at radius 2 is 2.17 bits per heavy atom. The minimum atomic E-state index is -0.991. The van der Waals surface area contributed by atoms with E-state index < -0.39 is 6.09 Å². The molecule has 36 heavy (non-hydrogen) atoms. The molecule has 0 unspecified atom stereocenters. The highest BCUT2D eigenvalue weighted by atomic mass is 35.5. The van der Waals surface area contributed by atoms with Crippen molar-refractivity contribution in [2.45, 2.75) is 44.2 Å². The first-order valence-electron chi connectivity index (χ1n) is 13.0. The molecule has 9 nitrogen and oxygen atoms in total. The third-order valence-corrected chi connectivity index (χ3v) is 7.42. The Morgan fingerprint density at radius 1 is 1.33 bits per heavy atom. The van der Waals surface area contributed by atoms with Crippen LogP contribution in [-0.4, -0.2) is 93.2 Å². The number of benzene rings is 1. The van der Waals surface area contributed by atoms with Crippen molar-refractivity contribution in [2.75, 3.05) is 60.1 Å². The van der Waals surface area contributed by atoms with E-state index in [1.54, 1.807) is 0 Å². The molecule has 2 aliphatic rings. The number of piperidine rings is 1. The van der Waals surface area contributed by atoms with Crippen molar-refractivity contribution in [3.8, 4) is 0 Å². The summed E-state index contributed by atoms with van der Waals surface area (Å²) in [5, 5.41) is 16.2. The lowest BCUT2D eigenvalue weighted by Crippen LogP contribution is -2.50. The smallest absolute Gasteiger partial charge is 0.407 e. The average molecular weight is 525 g/mol. The zero-order chi connectivity index (χ0) is 25.9. The molecule has 2 aliphatic heterocycles. The fourth-order valence-electron chi connectivity index (χ4n) is 5.06. The van der Waals surface area contributed by atoms with Crippen molar-refractivity contribution >= 4 is 23.7 Å². The summed E-state index contributed by atoms with van der Waals surface area (Å²) in [5.41, 5.74) is 0.942. The quantitative estimate of drug-likeness (QED) is 0.406. The van der Waals surface area contributed by atoms with Crippen LogP contribution in [0.3, 0.4) is 0 Å². The summed E-state index contributed by atoms with van der Waals surface area (Å²) in [7, 11) is 3.46. The Labute approximate surface area is 219 Å². The molecular weight excluding hydrogens is 484 g/mol. The van der Waals surface area contributed by atoms with E-state index in [4.69, 9.17) is 26.2 Å². The van der Waals surface area contributed by atoms with E-state index in [-0.39, 0.29) is 37.2 Å². The van der Waals surface area contributed by atoms with E-state index in [1.165, 1.54) is 18.4 Å². The molecule has 1 aromatic rings. The Morgan fingerprint density at radius 3 is 2.86 bits per heavy atom. The van der Waals surface area contributed by atoms with Crippen LogP contribution in [0.4, 0.5) is 9.59 Å². The number of ether oxygens (including phenoxy) is 2. The Hall–Kier alpha value is -2.07. The molecule has 2 heterocycles.